The summed E-state index contributed by atoms with van der Waals surface area (Å²) in [7, 11) is 0. The van der Waals surface area contributed by atoms with Crippen LogP contribution in [0, 0.1) is 13.8 Å². The molecule has 5 heteroatoms. The number of amides is 2. The molecule has 4 nitrogen and oxygen atoms in total. The first kappa shape index (κ1) is 14.1. The van der Waals surface area contributed by atoms with Crippen LogP contribution < -0.4 is 4.80 Å². The Morgan fingerprint density at radius 3 is 2.48 bits per heavy atom. The maximum atomic E-state index is 12.2. The fourth-order valence-electron chi connectivity index (χ4n) is 2.70. The van der Waals surface area contributed by atoms with Crippen LogP contribution in [0.2, 0.25) is 0 Å². The summed E-state index contributed by atoms with van der Waals surface area (Å²) < 4.78 is 1.98. The van der Waals surface area contributed by atoms with Crippen molar-refractivity contribution in [2.24, 2.45) is 4.99 Å². The molecule has 2 amide bonds. The molecule has 0 atom stereocenters. The van der Waals surface area contributed by atoms with E-state index in [9.17, 15) is 4.79 Å². The molecule has 0 radical (unpaired) electrons. The minimum atomic E-state index is -0.118. The minimum Gasteiger partial charge on any atom is -0.323 e. The predicted octanol–water partition coefficient (Wildman–Crippen LogP) is 3.27. The summed E-state index contributed by atoms with van der Waals surface area (Å²) in [6, 6.07) is 6.24. The van der Waals surface area contributed by atoms with Crippen molar-refractivity contribution in [1.29, 1.82) is 0 Å². The molecule has 2 heterocycles. The van der Waals surface area contributed by atoms with E-state index in [1.165, 1.54) is 22.5 Å². The van der Waals surface area contributed by atoms with E-state index in [0.717, 1.165) is 36.4 Å². The highest BCUT2D eigenvalue weighted by molar-refractivity contribution is 7.07. The van der Waals surface area contributed by atoms with Crippen LogP contribution in [0.25, 0.3) is 5.69 Å². The third-order valence-corrected chi connectivity index (χ3v) is 4.40. The van der Waals surface area contributed by atoms with Gasteiger partial charge in [0.2, 0.25) is 0 Å². The van der Waals surface area contributed by atoms with Gasteiger partial charge in [0.1, 0.15) is 0 Å². The SMILES string of the molecule is Cc1cc(C)cc(-n2ccs/c2=N\C(=O)N2CCCC2)c1. The molecule has 2 aromatic rings. The highest BCUT2D eigenvalue weighted by atomic mass is 32.1. The maximum Gasteiger partial charge on any atom is 0.346 e. The minimum absolute atomic E-state index is 0.118. The number of likely N-dealkylation sites (tertiary alicyclic amines) is 1. The van der Waals surface area contributed by atoms with E-state index >= 15 is 0 Å². The standard InChI is InChI=1S/C16H19N3OS/c1-12-9-13(2)11-14(10-12)19-7-8-21-16(19)17-15(20)18-5-3-4-6-18/h7-11H,3-6H2,1-2H3/b17-16-. The monoisotopic (exact) mass is 301 g/mol. The van der Waals surface area contributed by atoms with Gasteiger partial charge in [-0.3, -0.25) is 4.57 Å². The lowest BCUT2D eigenvalue weighted by molar-refractivity contribution is 0.218. The van der Waals surface area contributed by atoms with E-state index < -0.39 is 0 Å². The normalized spacial score (nSPS) is 15.7. The first-order chi connectivity index (χ1) is 10.1. The van der Waals surface area contributed by atoms with Crippen LogP contribution >= 0.6 is 11.3 Å². The summed E-state index contributed by atoms with van der Waals surface area (Å²) in [5, 5.41) is 1.97. The Morgan fingerprint density at radius 2 is 1.81 bits per heavy atom. The number of benzene rings is 1. The summed E-state index contributed by atoms with van der Waals surface area (Å²) >= 11 is 1.49. The van der Waals surface area contributed by atoms with Crippen molar-refractivity contribution in [1.82, 2.24) is 9.47 Å². The van der Waals surface area contributed by atoms with Crippen LogP contribution in [0.15, 0.2) is 34.8 Å². The molecule has 1 aromatic heterocycles. The van der Waals surface area contributed by atoms with Crippen LogP contribution in [0.1, 0.15) is 24.0 Å². The van der Waals surface area contributed by atoms with Crippen molar-refractivity contribution in [3.63, 3.8) is 0 Å². The third-order valence-electron chi connectivity index (χ3n) is 3.64. The fraction of sp³-hybridized carbons (Fsp3) is 0.375. The number of rotatable bonds is 1. The molecule has 3 rings (SSSR count). The van der Waals surface area contributed by atoms with E-state index in [-0.39, 0.29) is 6.03 Å². The topological polar surface area (TPSA) is 37.6 Å². The number of nitrogens with zero attached hydrogens (tertiary/aromatic N) is 3. The summed E-state index contributed by atoms with van der Waals surface area (Å²) in [5.74, 6) is 0. The molecule has 1 saturated heterocycles. The highest BCUT2D eigenvalue weighted by Gasteiger charge is 2.17. The highest BCUT2D eigenvalue weighted by Crippen LogP contribution is 2.13. The van der Waals surface area contributed by atoms with Crippen molar-refractivity contribution in [3.05, 3.63) is 45.7 Å². The Labute approximate surface area is 128 Å². The largest absolute Gasteiger partial charge is 0.346 e. The number of urea groups is 1. The predicted molar refractivity (Wildman–Crippen MR) is 84.9 cm³/mol. The van der Waals surface area contributed by atoms with E-state index in [0.29, 0.717) is 0 Å². The molecule has 1 aliphatic heterocycles. The van der Waals surface area contributed by atoms with Gasteiger partial charge in [0, 0.05) is 30.4 Å². The van der Waals surface area contributed by atoms with Crippen molar-refractivity contribution in [2.45, 2.75) is 26.7 Å². The molecular weight excluding hydrogens is 282 g/mol. The zero-order valence-electron chi connectivity index (χ0n) is 12.4. The molecule has 0 saturated carbocycles. The molecule has 1 fully saturated rings. The molecule has 0 unspecified atom stereocenters. The molecule has 0 bridgehead atoms. The summed E-state index contributed by atoms with van der Waals surface area (Å²) in [4.78, 5) is 19.0. The number of carbonyl (C=O) groups excluding carboxylic acids is 1. The van der Waals surface area contributed by atoms with E-state index in [4.69, 9.17) is 0 Å². The Kier molecular flexibility index (Phi) is 3.92. The average Bonchev–Trinajstić information content (AvgIpc) is 3.08. The summed E-state index contributed by atoms with van der Waals surface area (Å²) in [6.45, 7) is 5.82. The average molecular weight is 301 g/mol. The number of aromatic nitrogens is 1. The molecular formula is C16H19N3OS. The number of hydrogen-bond donors (Lipinski definition) is 0. The van der Waals surface area contributed by atoms with Crippen molar-refractivity contribution in [3.8, 4) is 5.69 Å². The summed E-state index contributed by atoms with van der Waals surface area (Å²) in [6.07, 6.45) is 4.14. The van der Waals surface area contributed by atoms with Gasteiger partial charge in [-0.1, -0.05) is 6.07 Å². The number of thiazole rings is 1. The van der Waals surface area contributed by atoms with Gasteiger partial charge < -0.3 is 4.90 Å². The number of aryl methyl sites for hydroxylation is 2. The van der Waals surface area contributed by atoms with Crippen LogP contribution in [-0.2, 0) is 0 Å². The zero-order valence-corrected chi connectivity index (χ0v) is 13.2. The van der Waals surface area contributed by atoms with Gasteiger partial charge in [0.05, 0.1) is 0 Å². The zero-order chi connectivity index (χ0) is 14.8. The maximum absolute atomic E-state index is 12.2. The first-order valence-corrected chi connectivity index (χ1v) is 8.10. The van der Waals surface area contributed by atoms with Gasteiger partial charge in [-0.05, 0) is 49.9 Å². The second kappa shape index (κ2) is 5.85. The molecule has 110 valence electrons. The molecule has 21 heavy (non-hydrogen) atoms. The first-order valence-electron chi connectivity index (χ1n) is 7.22. The van der Waals surface area contributed by atoms with Crippen LogP contribution in [-0.4, -0.2) is 28.6 Å². The lowest BCUT2D eigenvalue weighted by Gasteiger charge is -2.11. The third kappa shape index (κ3) is 3.08. The molecule has 0 N–H and O–H groups in total. The van der Waals surface area contributed by atoms with Crippen LogP contribution in [0.3, 0.4) is 0 Å². The van der Waals surface area contributed by atoms with E-state index in [1.807, 2.05) is 21.0 Å². The molecule has 1 aliphatic rings. The molecule has 1 aromatic carbocycles. The Hall–Kier alpha value is -1.88. The quantitative estimate of drug-likeness (QED) is 0.796. The van der Waals surface area contributed by atoms with E-state index in [2.05, 4.69) is 37.0 Å². The Morgan fingerprint density at radius 1 is 1.14 bits per heavy atom. The van der Waals surface area contributed by atoms with Crippen molar-refractivity contribution in [2.75, 3.05) is 13.1 Å². The van der Waals surface area contributed by atoms with Crippen LogP contribution in [0.5, 0.6) is 0 Å². The Bertz CT molecular complexity index is 703. The van der Waals surface area contributed by atoms with Crippen molar-refractivity contribution >= 4 is 17.4 Å². The van der Waals surface area contributed by atoms with Gasteiger partial charge in [-0.2, -0.15) is 4.99 Å². The second-order valence-electron chi connectivity index (χ2n) is 5.49. The van der Waals surface area contributed by atoms with Crippen molar-refractivity contribution < 1.29 is 4.79 Å². The summed E-state index contributed by atoms with van der Waals surface area (Å²) in [5.41, 5.74) is 3.47. The molecule has 0 spiro atoms. The number of carbonyl (C=O) groups is 1. The second-order valence-corrected chi connectivity index (χ2v) is 6.36. The van der Waals surface area contributed by atoms with Gasteiger partial charge in [0.15, 0.2) is 4.80 Å². The Balaban J connectivity index is 1.98. The van der Waals surface area contributed by atoms with E-state index in [1.54, 1.807) is 0 Å². The van der Waals surface area contributed by atoms with Gasteiger partial charge in [-0.25, -0.2) is 4.79 Å². The smallest absolute Gasteiger partial charge is 0.323 e. The fourth-order valence-corrected chi connectivity index (χ4v) is 3.42. The van der Waals surface area contributed by atoms with Gasteiger partial charge in [-0.15, -0.1) is 11.3 Å². The molecule has 0 aliphatic carbocycles. The lowest BCUT2D eigenvalue weighted by Crippen LogP contribution is -2.27. The lowest BCUT2D eigenvalue weighted by atomic mass is 10.1. The van der Waals surface area contributed by atoms with Crippen LogP contribution in [0.4, 0.5) is 4.79 Å². The number of hydrogen-bond acceptors (Lipinski definition) is 2. The van der Waals surface area contributed by atoms with Gasteiger partial charge in [0.25, 0.3) is 0 Å². The van der Waals surface area contributed by atoms with Gasteiger partial charge >= 0.3 is 6.03 Å².